The summed E-state index contributed by atoms with van der Waals surface area (Å²) in [5, 5.41) is 0. The molecule has 92 valence electrons. The Balaban J connectivity index is 3.30. The fourth-order valence-corrected chi connectivity index (χ4v) is 2.21. The summed E-state index contributed by atoms with van der Waals surface area (Å²) in [5.74, 6) is 1.58. The molecule has 0 amide bonds. The number of unbranched alkanes of at least 4 members (excludes halogenated alkanes) is 5. The van der Waals surface area contributed by atoms with Crippen molar-refractivity contribution in [3.8, 4) is 0 Å². The molecule has 0 rings (SSSR count). The summed E-state index contributed by atoms with van der Waals surface area (Å²) in [4.78, 5) is 0. The molecule has 1 nitrogen and oxygen atoms in total. The van der Waals surface area contributed by atoms with Crippen molar-refractivity contribution in [3.05, 3.63) is 0 Å². The van der Waals surface area contributed by atoms with Crippen LogP contribution in [0.4, 0.5) is 0 Å². The molecule has 0 aromatic carbocycles. The van der Waals surface area contributed by atoms with Crippen LogP contribution in [0, 0.1) is 11.8 Å². The lowest BCUT2D eigenvalue weighted by molar-refractivity contribution is 0.378. The van der Waals surface area contributed by atoms with Crippen molar-refractivity contribution in [2.45, 2.75) is 72.1 Å². The van der Waals surface area contributed by atoms with E-state index >= 15 is 0 Å². The maximum absolute atomic E-state index is 5.78. The second-order valence-corrected chi connectivity index (χ2v) is 5.29. The summed E-state index contributed by atoms with van der Waals surface area (Å²) in [7, 11) is 0. The third kappa shape index (κ3) is 10.2. The van der Waals surface area contributed by atoms with E-state index in [2.05, 4.69) is 20.8 Å². The van der Waals surface area contributed by atoms with Crippen molar-refractivity contribution in [2.75, 3.05) is 6.54 Å². The molecule has 0 spiro atoms. The maximum atomic E-state index is 5.78. The number of rotatable bonds is 10. The van der Waals surface area contributed by atoms with E-state index in [-0.39, 0.29) is 0 Å². The molecule has 1 unspecified atom stereocenters. The van der Waals surface area contributed by atoms with Crippen LogP contribution in [0.25, 0.3) is 0 Å². The first-order valence-electron chi connectivity index (χ1n) is 6.90. The highest BCUT2D eigenvalue weighted by molar-refractivity contribution is 4.62. The summed E-state index contributed by atoms with van der Waals surface area (Å²) >= 11 is 0. The van der Waals surface area contributed by atoms with Gasteiger partial charge in [0.15, 0.2) is 0 Å². The van der Waals surface area contributed by atoms with E-state index in [1.807, 2.05) is 0 Å². The van der Waals surface area contributed by atoms with Crippen LogP contribution >= 0.6 is 0 Å². The van der Waals surface area contributed by atoms with E-state index in [4.69, 9.17) is 5.73 Å². The second-order valence-electron chi connectivity index (χ2n) is 5.29. The first kappa shape index (κ1) is 15.0. The molecule has 2 N–H and O–H groups in total. The third-order valence-corrected chi connectivity index (χ3v) is 3.10. The lowest BCUT2D eigenvalue weighted by atomic mass is 9.92. The molecule has 1 heteroatoms. The molecular formula is C14H31N. The van der Waals surface area contributed by atoms with Gasteiger partial charge in [-0.3, -0.25) is 0 Å². The van der Waals surface area contributed by atoms with E-state index in [9.17, 15) is 0 Å². The van der Waals surface area contributed by atoms with Crippen molar-refractivity contribution in [3.63, 3.8) is 0 Å². The molecule has 0 aromatic heterocycles. The molecule has 15 heavy (non-hydrogen) atoms. The van der Waals surface area contributed by atoms with Crippen LogP contribution < -0.4 is 5.73 Å². The van der Waals surface area contributed by atoms with Crippen molar-refractivity contribution in [1.29, 1.82) is 0 Å². The number of hydrogen-bond acceptors (Lipinski definition) is 1. The summed E-state index contributed by atoms with van der Waals surface area (Å²) in [6, 6.07) is 0. The smallest absolute Gasteiger partial charge is 0.00488 e. The van der Waals surface area contributed by atoms with Gasteiger partial charge in [-0.1, -0.05) is 59.3 Å². The van der Waals surface area contributed by atoms with Crippen LogP contribution in [-0.4, -0.2) is 6.54 Å². The molecule has 0 aromatic rings. The summed E-state index contributed by atoms with van der Waals surface area (Å²) in [6.45, 7) is 7.74. The predicted octanol–water partition coefficient (Wildman–Crippen LogP) is 4.36. The average Bonchev–Trinajstić information content (AvgIpc) is 2.20. The summed E-state index contributed by atoms with van der Waals surface area (Å²) in [6.07, 6.45) is 11.1. The van der Waals surface area contributed by atoms with Crippen molar-refractivity contribution in [1.82, 2.24) is 0 Å². The Labute approximate surface area is 96.8 Å². The molecule has 0 aliphatic carbocycles. The lowest BCUT2D eigenvalue weighted by Gasteiger charge is -2.16. The highest BCUT2D eigenvalue weighted by Gasteiger charge is 2.08. The Bertz CT molecular complexity index is 121. The Kier molecular flexibility index (Phi) is 10.4. The quantitative estimate of drug-likeness (QED) is 0.536. The zero-order chi connectivity index (χ0) is 11.5. The Morgan fingerprint density at radius 2 is 1.53 bits per heavy atom. The topological polar surface area (TPSA) is 26.0 Å². The van der Waals surface area contributed by atoms with Crippen molar-refractivity contribution in [2.24, 2.45) is 17.6 Å². The fraction of sp³-hybridized carbons (Fsp3) is 1.00. The van der Waals surface area contributed by atoms with E-state index in [0.29, 0.717) is 0 Å². The van der Waals surface area contributed by atoms with Crippen LogP contribution in [0.3, 0.4) is 0 Å². The van der Waals surface area contributed by atoms with Gasteiger partial charge in [-0.25, -0.2) is 0 Å². The van der Waals surface area contributed by atoms with Gasteiger partial charge in [-0.15, -0.1) is 0 Å². The normalized spacial score (nSPS) is 13.4. The van der Waals surface area contributed by atoms with Gasteiger partial charge in [0, 0.05) is 0 Å². The highest BCUT2D eigenvalue weighted by Crippen LogP contribution is 2.18. The zero-order valence-electron chi connectivity index (χ0n) is 11.1. The molecule has 0 aliphatic rings. The monoisotopic (exact) mass is 213 g/mol. The number of hydrogen-bond donors (Lipinski definition) is 1. The minimum absolute atomic E-state index is 0.774. The molecule has 0 saturated heterocycles. The summed E-state index contributed by atoms with van der Waals surface area (Å²) in [5.41, 5.74) is 5.78. The van der Waals surface area contributed by atoms with E-state index < -0.39 is 0 Å². The first-order valence-corrected chi connectivity index (χ1v) is 6.90. The standard InChI is InChI=1S/C14H31N/c1-4-5-6-7-8-9-10-14(12-15)11-13(2)3/h13-14H,4-12,15H2,1-3H3. The number of nitrogens with two attached hydrogens (primary N) is 1. The van der Waals surface area contributed by atoms with Gasteiger partial charge in [0.25, 0.3) is 0 Å². The second kappa shape index (κ2) is 10.5. The molecule has 0 bridgehead atoms. The van der Waals surface area contributed by atoms with Crippen molar-refractivity contribution < 1.29 is 0 Å². The maximum Gasteiger partial charge on any atom is -0.00488 e. The minimum atomic E-state index is 0.774. The van der Waals surface area contributed by atoms with Gasteiger partial charge >= 0.3 is 0 Å². The van der Waals surface area contributed by atoms with Gasteiger partial charge in [0.05, 0.1) is 0 Å². The van der Waals surface area contributed by atoms with Crippen LogP contribution in [-0.2, 0) is 0 Å². The van der Waals surface area contributed by atoms with Crippen LogP contribution in [0.1, 0.15) is 72.1 Å². The molecule has 0 radical (unpaired) electrons. The average molecular weight is 213 g/mol. The zero-order valence-corrected chi connectivity index (χ0v) is 11.1. The molecular weight excluding hydrogens is 182 g/mol. The Hall–Kier alpha value is -0.0400. The van der Waals surface area contributed by atoms with Crippen molar-refractivity contribution >= 4 is 0 Å². The van der Waals surface area contributed by atoms with Gasteiger partial charge < -0.3 is 5.73 Å². The molecule has 0 fully saturated rings. The Morgan fingerprint density at radius 3 is 2.07 bits per heavy atom. The molecule has 0 saturated carbocycles. The minimum Gasteiger partial charge on any atom is -0.330 e. The van der Waals surface area contributed by atoms with E-state index in [1.165, 1.54) is 51.4 Å². The summed E-state index contributed by atoms with van der Waals surface area (Å²) < 4.78 is 0. The largest absolute Gasteiger partial charge is 0.330 e. The highest BCUT2D eigenvalue weighted by atomic mass is 14.5. The SMILES string of the molecule is CCCCCCCCC(CN)CC(C)C. The molecule has 0 aliphatic heterocycles. The fourth-order valence-electron chi connectivity index (χ4n) is 2.21. The van der Waals surface area contributed by atoms with Crippen LogP contribution in [0.2, 0.25) is 0 Å². The van der Waals surface area contributed by atoms with Gasteiger partial charge in [-0.05, 0) is 31.2 Å². The lowest BCUT2D eigenvalue weighted by Crippen LogP contribution is -2.16. The van der Waals surface area contributed by atoms with Crippen LogP contribution in [0.15, 0.2) is 0 Å². The van der Waals surface area contributed by atoms with Crippen LogP contribution in [0.5, 0.6) is 0 Å². The van der Waals surface area contributed by atoms with E-state index in [1.54, 1.807) is 0 Å². The van der Waals surface area contributed by atoms with Gasteiger partial charge in [-0.2, -0.15) is 0 Å². The first-order chi connectivity index (χ1) is 7.20. The predicted molar refractivity (Wildman–Crippen MR) is 70.0 cm³/mol. The molecule has 0 heterocycles. The van der Waals surface area contributed by atoms with Gasteiger partial charge in [0.2, 0.25) is 0 Å². The van der Waals surface area contributed by atoms with E-state index in [0.717, 1.165) is 18.4 Å². The molecule has 1 atom stereocenters. The third-order valence-electron chi connectivity index (χ3n) is 3.10. The Morgan fingerprint density at radius 1 is 0.933 bits per heavy atom. The van der Waals surface area contributed by atoms with Gasteiger partial charge in [0.1, 0.15) is 0 Å².